The molecule has 3 atom stereocenters. The van der Waals surface area contributed by atoms with Crippen molar-refractivity contribution < 1.29 is 10.0 Å². The lowest BCUT2D eigenvalue weighted by Crippen LogP contribution is -2.43. The van der Waals surface area contributed by atoms with Gasteiger partial charge in [-0.2, -0.15) is 0 Å². The summed E-state index contributed by atoms with van der Waals surface area (Å²) in [5, 5.41) is 14.1. The van der Waals surface area contributed by atoms with Gasteiger partial charge in [0.05, 0.1) is 5.92 Å². The van der Waals surface area contributed by atoms with E-state index in [9.17, 15) is 4.79 Å². The zero-order chi connectivity index (χ0) is 12.0. The van der Waals surface area contributed by atoms with Crippen LogP contribution in [-0.4, -0.2) is 23.0 Å². The van der Waals surface area contributed by atoms with E-state index >= 15 is 0 Å². The van der Waals surface area contributed by atoms with Crippen LogP contribution < -0.4 is 11.1 Å². The normalized spacial score (nSPS) is 18.0. The van der Waals surface area contributed by atoms with E-state index in [4.69, 9.17) is 10.9 Å². The number of carbonyl (C=O) groups excluding carboxylic acids is 1. The number of amidine groups is 1. The smallest absolute Gasteiger partial charge is 0.230 e. The van der Waals surface area contributed by atoms with Crippen molar-refractivity contribution >= 4 is 11.7 Å². The van der Waals surface area contributed by atoms with Crippen LogP contribution in [0.2, 0.25) is 0 Å². The molecule has 5 heteroatoms. The molecule has 0 rings (SSSR count). The molecule has 3 unspecified atom stereocenters. The van der Waals surface area contributed by atoms with Crippen LogP contribution in [0.25, 0.3) is 0 Å². The Labute approximate surface area is 90.7 Å². The minimum absolute atomic E-state index is 0.0659. The van der Waals surface area contributed by atoms with Crippen LogP contribution in [0, 0.1) is 11.8 Å². The molecular weight excluding hydrogens is 194 g/mol. The third-order valence-electron chi connectivity index (χ3n) is 2.82. The van der Waals surface area contributed by atoms with Crippen molar-refractivity contribution in [1.82, 2.24) is 5.32 Å². The SMILES string of the molecule is CCC(C)C(C)NC(=O)C(C)C(N)=NO. The number of carbonyl (C=O) groups is 1. The van der Waals surface area contributed by atoms with Gasteiger partial charge in [-0.25, -0.2) is 0 Å². The van der Waals surface area contributed by atoms with Gasteiger partial charge >= 0.3 is 0 Å². The van der Waals surface area contributed by atoms with Gasteiger partial charge < -0.3 is 16.3 Å². The molecule has 1 amide bonds. The van der Waals surface area contributed by atoms with Gasteiger partial charge in [-0.3, -0.25) is 4.79 Å². The van der Waals surface area contributed by atoms with Crippen molar-refractivity contribution in [3.63, 3.8) is 0 Å². The molecule has 0 aromatic rings. The first-order valence-corrected chi connectivity index (χ1v) is 5.21. The zero-order valence-corrected chi connectivity index (χ0v) is 9.82. The fraction of sp³-hybridized carbons (Fsp3) is 0.800. The molecule has 0 saturated carbocycles. The fourth-order valence-corrected chi connectivity index (χ4v) is 1.07. The van der Waals surface area contributed by atoms with Crippen LogP contribution in [-0.2, 0) is 4.79 Å². The molecule has 0 aliphatic heterocycles. The van der Waals surface area contributed by atoms with E-state index in [1.165, 1.54) is 0 Å². The molecule has 0 saturated heterocycles. The number of oxime groups is 1. The van der Waals surface area contributed by atoms with Crippen LogP contribution in [0.5, 0.6) is 0 Å². The Hall–Kier alpha value is -1.26. The Kier molecular flexibility index (Phi) is 5.74. The van der Waals surface area contributed by atoms with E-state index in [1.807, 2.05) is 6.92 Å². The van der Waals surface area contributed by atoms with Crippen molar-refractivity contribution in [2.45, 2.75) is 40.2 Å². The summed E-state index contributed by atoms with van der Waals surface area (Å²) in [5.74, 6) is -0.461. The summed E-state index contributed by atoms with van der Waals surface area (Å²) < 4.78 is 0. The van der Waals surface area contributed by atoms with Crippen LogP contribution in [0.1, 0.15) is 34.1 Å². The maximum Gasteiger partial charge on any atom is 0.230 e. The summed E-state index contributed by atoms with van der Waals surface area (Å²) >= 11 is 0. The van der Waals surface area contributed by atoms with E-state index in [-0.39, 0.29) is 17.8 Å². The van der Waals surface area contributed by atoms with E-state index in [0.29, 0.717) is 5.92 Å². The van der Waals surface area contributed by atoms with Crippen molar-refractivity contribution in [2.75, 3.05) is 0 Å². The summed E-state index contributed by atoms with van der Waals surface area (Å²) in [7, 11) is 0. The molecule has 0 heterocycles. The standard InChI is InChI=1S/C10H21N3O2/c1-5-6(2)8(4)12-10(14)7(3)9(11)13-15/h6-8,15H,5H2,1-4H3,(H2,11,13)(H,12,14). The predicted octanol–water partition coefficient (Wildman–Crippen LogP) is 0.920. The van der Waals surface area contributed by atoms with E-state index < -0.39 is 5.92 Å². The number of amides is 1. The lowest BCUT2D eigenvalue weighted by Gasteiger charge is -2.21. The first kappa shape index (κ1) is 13.7. The van der Waals surface area contributed by atoms with Gasteiger partial charge in [-0.15, -0.1) is 0 Å². The van der Waals surface area contributed by atoms with E-state index in [0.717, 1.165) is 6.42 Å². The Morgan fingerprint density at radius 1 is 1.47 bits per heavy atom. The molecule has 5 nitrogen and oxygen atoms in total. The highest BCUT2D eigenvalue weighted by Crippen LogP contribution is 2.07. The van der Waals surface area contributed by atoms with E-state index in [1.54, 1.807) is 6.92 Å². The van der Waals surface area contributed by atoms with Gasteiger partial charge in [0.25, 0.3) is 0 Å². The number of hydrogen-bond acceptors (Lipinski definition) is 3. The Bertz CT molecular complexity index is 241. The van der Waals surface area contributed by atoms with Gasteiger partial charge in [0, 0.05) is 6.04 Å². The molecule has 15 heavy (non-hydrogen) atoms. The van der Waals surface area contributed by atoms with Crippen molar-refractivity contribution in [3.8, 4) is 0 Å². The number of hydrogen-bond donors (Lipinski definition) is 3. The molecular formula is C10H21N3O2. The fourth-order valence-electron chi connectivity index (χ4n) is 1.07. The second-order valence-corrected chi connectivity index (χ2v) is 3.93. The second kappa shape index (κ2) is 6.27. The van der Waals surface area contributed by atoms with Crippen LogP contribution in [0.4, 0.5) is 0 Å². The highest BCUT2D eigenvalue weighted by atomic mass is 16.4. The van der Waals surface area contributed by atoms with Gasteiger partial charge in [-0.1, -0.05) is 25.4 Å². The lowest BCUT2D eigenvalue weighted by molar-refractivity contribution is -0.123. The van der Waals surface area contributed by atoms with Crippen molar-refractivity contribution in [2.24, 2.45) is 22.7 Å². The monoisotopic (exact) mass is 215 g/mol. The average molecular weight is 215 g/mol. The molecule has 0 radical (unpaired) electrons. The Morgan fingerprint density at radius 3 is 2.40 bits per heavy atom. The maximum absolute atomic E-state index is 11.6. The number of nitrogens with two attached hydrogens (primary N) is 1. The summed E-state index contributed by atoms with van der Waals surface area (Å²) in [5.41, 5.74) is 5.34. The van der Waals surface area contributed by atoms with Crippen LogP contribution >= 0.6 is 0 Å². The first-order valence-electron chi connectivity index (χ1n) is 5.21. The van der Waals surface area contributed by atoms with Crippen molar-refractivity contribution in [3.05, 3.63) is 0 Å². The van der Waals surface area contributed by atoms with Gasteiger partial charge in [-0.05, 0) is 19.8 Å². The second-order valence-electron chi connectivity index (χ2n) is 3.93. The highest BCUT2D eigenvalue weighted by Gasteiger charge is 2.20. The Morgan fingerprint density at radius 2 is 2.00 bits per heavy atom. The van der Waals surface area contributed by atoms with E-state index in [2.05, 4.69) is 24.3 Å². The molecule has 0 bridgehead atoms. The molecule has 0 fully saturated rings. The largest absolute Gasteiger partial charge is 0.409 e. The van der Waals surface area contributed by atoms with Crippen LogP contribution in [0.15, 0.2) is 5.16 Å². The van der Waals surface area contributed by atoms with Gasteiger partial charge in [0.15, 0.2) is 5.84 Å². The summed E-state index contributed by atoms with van der Waals surface area (Å²) in [6.45, 7) is 7.69. The topological polar surface area (TPSA) is 87.7 Å². The Balaban J connectivity index is 4.25. The lowest BCUT2D eigenvalue weighted by atomic mass is 10.00. The minimum atomic E-state index is -0.596. The van der Waals surface area contributed by atoms with Crippen LogP contribution in [0.3, 0.4) is 0 Å². The number of nitrogens with one attached hydrogen (secondary N) is 1. The molecule has 0 aliphatic carbocycles. The number of rotatable bonds is 5. The number of nitrogens with zero attached hydrogens (tertiary/aromatic N) is 1. The van der Waals surface area contributed by atoms with Crippen molar-refractivity contribution in [1.29, 1.82) is 0 Å². The molecule has 4 N–H and O–H groups in total. The predicted molar refractivity (Wildman–Crippen MR) is 59.6 cm³/mol. The average Bonchev–Trinajstić information content (AvgIpc) is 2.25. The first-order chi connectivity index (χ1) is 6.93. The van der Waals surface area contributed by atoms with Gasteiger partial charge in [0.2, 0.25) is 5.91 Å². The summed E-state index contributed by atoms with van der Waals surface area (Å²) in [6.07, 6.45) is 0.999. The zero-order valence-electron chi connectivity index (χ0n) is 9.82. The summed E-state index contributed by atoms with van der Waals surface area (Å²) in [6, 6.07) is 0.0939. The molecule has 88 valence electrons. The third kappa shape index (κ3) is 4.18. The highest BCUT2D eigenvalue weighted by molar-refractivity contribution is 6.01. The molecule has 0 aromatic carbocycles. The molecule has 0 aliphatic rings. The minimum Gasteiger partial charge on any atom is -0.409 e. The summed E-state index contributed by atoms with van der Waals surface area (Å²) in [4.78, 5) is 11.6. The quantitative estimate of drug-likeness (QED) is 0.276. The van der Waals surface area contributed by atoms with Gasteiger partial charge in [0.1, 0.15) is 0 Å². The molecule has 0 spiro atoms. The molecule has 0 aromatic heterocycles. The maximum atomic E-state index is 11.6. The third-order valence-corrected chi connectivity index (χ3v) is 2.82.